The highest BCUT2D eigenvalue weighted by molar-refractivity contribution is 6.00. The molecule has 6 heteroatoms. The van der Waals surface area contributed by atoms with Crippen molar-refractivity contribution in [2.45, 2.75) is 83.6 Å². The number of nitrogens with zero attached hydrogens (tertiary/aromatic N) is 2. The van der Waals surface area contributed by atoms with Gasteiger partial charge in [0.2, 0.25) is 17.7 Å². The van der Waals surface area contributed by atoms with Gasteiger partial charge in [0, 0.05) is 43.7 Å². The third kappa shape index (κ3) is 5.96. The molecular weight excluding hydrogens is 414 g/mol. The number of aryl methyl sites for hydroxylation is 1. The second-order valence-electron chi connectivity index (χ2n) is 10.1. The molecule has 3 aliphatic rings. The predicted octanol–water partition coefficient (Wildman–Crippen LogP) is 4.07. The summed E-state index contributed by atoms with van der Waals surface area (Å²) in [7, 11) is 0. The summed E-state index contributed by atoms with van der Waals surface area (Å²) in [5, 5.41) is 3.23. The minimum Gasteiger partial charge on any atom is -0.353 e. The minimum absolute atomic E-state index is 0.0317. The number of unbranched alkanes of at least 4 members (excludes halogenated alkanes) is 1. The number of hydrogen-bond donors (Lipinski definition) is 1. The van der Waals surface area contributed by atoms with Crippen LogP contribution in [0.25, 0.3) is 0 Å². The molecule has 6 nitrogen and oxygen atoms in total. The summed E-state index contributed by atoms with van der Waals surface area (Å²) in [6.45, 7) is 3.96. The van der Waals surface area contributed by atoms with E-state index >= 15 is 0 Å². The van der Waals surface area contributed by atoms with Crippen molar-refractivity contribution in [3.63, 3.8) is 0 Å². The number of piperidine rings is 1. The summed E-state index contributed by atoms with van der Waals surface area (Å²) >= 11 is 0. The first-order valence-electron chi connectivity index (χ1n) is 13.0. The Morgan fingerprint density at radius 3 is 2.33 bits per heavy atom. The molecule has 0 aromatic heterocycles. The van der Waals surface area contributed by atoms with Crippen LogP contribution >= 0.6 is 0 Å². The lowest BCUT2D eigenvalue weighted by Gasteiger charge is -2.34. The number of carbonyl (C=O) groups is 3. The van der Waals surface area contributed by atoms with E-state index in [-0.39, 0.29) is 42.0 Å². The Hall–Kier alpha value is -2.37. The summed E-state index contributed by atoms with van der Waals surface area (Å²) in [5.74, 6) is 0.226. The van der Waals surface area contributed by atoms with E-state index in [0.29, 0.717) is 19.6 Å². The first-order valence-corrected chi connectivity index (χ1v) is 13.0. The molecule has 2 saturated heterocycles. The van der Waals surface area contributed by atoms with E-state index in [1.54, 1.807) is 4.90 Å². The Balaban J connectivity index is 1.25. The van der Waals surface area contributed by atoms with E-state index < -0.39 is 0 Å². The quantitative estimate of drug-likeness (QED) is 0.677. The van der Waals surface area contributed by atoms with Gasteiger partial charge in [-0.05, 0) is 56.2 Å². The number of likely N-dealkylation sites (tertiary alicyclic amines) is 1. The molecule has 3 fully saturated rings. The van der Waals surface area contributed by atoms with E-state index in [2.05, 4.69) is 24.4 Å². The highest BCUT2D eigenvalue weighted by Crippen LogP contribution is 2.28. The molecule has 1 aromatic rings. The molecular formula is C27H39N3O3. The minimum atomic E-state index is -0.273. The molecule has 33 heavy (non-hydrogen) atoms. The second-order valence-corrected chi connectivity index (χ2v) is 10.1. The third-order valence-corrected chi connectivity index (χ3v) is 7.67. The van der Waals surface area contributed by atoms with Crippen LogP contribution in [0.2, 0.25) is 0 Å². The molecule has 2 aliphatic heterocycles. The zero-order chi connectivity index (χ0) is 23.2. The average molecular weight is 454 g/mol. The van der Waals surface area contributed by atoms with E-state index in [1.807, 2.05) is 17.0 Å². The van der Waals surface area contributed by atoms with Crippen molar-refractivity contribution < 1.29 is 14.4 Å². The summed E-state index contributed by atoms with van der Waals surface area (Å²) in [5.41, 5.74) is 2.18. The molecule has 1 N–H and O–H groups in total. The maximum Gasteiger partial charge on any atom is 0.228 e. The SMILES string of the molecule is CCCCc1ccc(N2CC(C(=O)N3CCC(NC(=O)C4CCCCC4)CC3)CC2=O)cc1. The smallest absolute Gasteiger partial charge is 0.228 e. The van der Waals surface area contributed by atoms with Crippen LogP contribution in [-0.4, -0.2) is 48.3 Å². The lowest BCUT2D eigenvalue weighted by molar-refractivity contribution is -0.137. The topological polar surface area (TPSA) is 69.7 Å². The normalized spacial score (nSPS) is 22.6. The number of amides is 3. The zero-order valence-electron chi connectivity index (χ0n) is 20.1. The molecule has 3 amide bonds. The third-order valence-electron chi connectivity index (χ3n) is 7.67. The lowest BCUT2D eigenvalue weighted by Crippen LogP contribution is -2.49. The molecule has 1 aromatic carbocycles. The second kappa shape index (κ2) is 11.2. The van der Waals surface area contributed by atoms with E-state index in [0.717, 1.165) is 50.6 Å². The van der Waals surface area contributed by atoms with Crippen LogP contribution in [0.4, 0.5) is 5.69 Å². The van der Waals surface area contributed by atoms with Crippen molar-refractivity contribution >= 4 is 23.4 Å². The Morgan fingerprint density at radius 1 is 0.970 bits per heavy atom. The summed E-state index contributed by atoms with van der Waals surface area (Å²) in [6.07, 6.45) is 10.9. The molecule has 1 atom stereocenters. The number of nitrogens with one attached hydrogen (secondary N) is 1. The van der Waals surface area contributed by atoms with Crippen LogP contribution in [0.5, 0.6) is 0 Å². The predicted molar refractivity (Wildman–Crippen MR) is 130 cm³/mol. The molecule has 180 valence electrons. The number of benzene rings is 1. The van der Waals surface area contributed by atoms with Gasteiger partial charge in [-0.15, -0.1) is 0 Å². The average Bonchev–Trinajstić information content (AvgIpc) is 3.25. The van der Waals surface area contributed by atoms with Gasteiger partial charge in [0.1, 0.15) is 0 Å². The van der Waals surface area contributed by atoms with Crippen LogP contribution in [0.3, 0.4) is 0 Å². The Bertz CT molecular complexity index is 824. The van der Waals surface area contributed by atoms with Crippen molar-refractivity contribution in [1.82, 2.24) is 10.2 Å². The van der Waals surface area contributed by atoms with E-state index in [4.69, 9.17) is 0 Å². The van der Waals surface area contributed by atoms with Crippen molar-refractivity contribution in [3.8, 4) is 0 Å². The summed E-state index contributed by atoms with van der Waals surface area (Å²) in [4.78, 5) is 42.0. The van der Waals surface area contributed by atoms with Crippen LogP contribution < -0.4 is 10.2 Å². The number of anilines is 1. The molecule has 0 bridgehead atoms. The Morgan fingerprint density at radius 2 is 1.67 bits per heavy atom. The van der Waals surface area contributed by atoms with Crippen LogP contribution in [-0.2, 0) is 20.8 Å². The van der Waals surface area contributed by atoms with Crippen molar-refractivity contribution in [3.05, 3.63) is 29.8 Å². The fourth-order valence-corrected chi connectivity index (χ4v) is 5.53. The first kappa shape index (κ1) is 23.8. The molecule has 0 spiro atoms. The van der Waals surface area contributed by atoms with Gasteiger partial charge in [-0.1, -0.05) is 44.7 Å². The van der Waals surface area contributed by atoms with Gasteiger partial charge in [0.25, 0.3) is 0 Å². The first-order chi connectivity index (χ1) is 16.0. The van der Waals surface area contributed by atoms with Gasteiger partial charge in [-0.25, -0.2) is 0 Å². The largest absolute Gasteiger partial charge is 0.353 e. The van der Waals surface area contributed by atoms with Gasteiger partial charge in [-0.2, -0.15) is 0 Å². The Kier molecular flexibility index (Phi) is 8.05. The van der Waals surface area contributed by atoms with Crippen LogP contribution in [0, 0.1) is 11.8 Å². The van der Waals surface area contributed by atoms with E-state index in [9.17, 15) is 14.4 Å². The molecule has 1 saturated carbocycles. The highest BCUT2D eigenvalue weighted by atomic mass is 16.2. The Labute approximate surface area is 198 Å². The van der Waals surface area contributed by atoms with Gasteiger partial charge >= 0.3 is 0 Å². The maximum atomic E-state index is 13.1. The van der Waals surface area contributed by atoms with E-state index in [1.165, 1.54) is 24.8 Å². The van der Waals surface area contributed by atoms with Gasteiger partial charge in [-0.3, -0.25) is 14.4 Å². The van der Waals surface area contributed by atoms with Gasteiger partial charge in [0.05, 0.1) is 5.92 Å². The fourth-order valence-electron chi connectivity index (χ4n) is 5.53. The van der Waals surface area contributed by atoms with Crippen molar-refractivity contribution in [2.75, 3.05) is 24.5 Å². The van der Waals surface area contributed by atoms with Crippen molar-refractivity contribution in [1.29, 1.82) is 0 Å². The summed E-state index contributed by atoms with van der Waals surface area (Å²) < 4.78 is 0. The highest BCUT2D eigenvalue weighted by Gasteiger charge is 2.38. The van der Waals surface area contributed by atoms with Gasteiger partial charge < -0.3 is 15.1 Å². The van der Waals surface area contributed by atoms with Crippen LogP contribution in [0.15, 0.2) is 24.3 Å². The zero-order valence-corrected chi connectivity index (χ0v) is 20.1. The fraction of sp³-hybridized carbons (Fsp3) is 0.667. The molecule has 1 unspecified atom stereocenters. The van der Waals surface area contributed by atoms with Gasteiger partial charge in [0.15, 0.2) is 0 Å². The monoisotopic (exact) mass is 453 g/mol. The number of hydrogen-bond acceptors (Lipinski definition) is 3. The molecule has 1 aliphatic carbocycles. The molecule has 2 heterocycles. The van der Waals surface area contributed by atoms with Crippen molar-refractivity contribution in [2.24, 2.45) is 11.8 Å². The van der Waals surface area contributed by atoms with Crippen LogP contribution in [0.1, 0.15) is 76.7 Å². The lowest BCUT2D eigenvalue weighted by atomic mass is 9.88. The summed E-state index contributed by atoms with van der Waals surface area (Å²) in [6, 6.07) is 8.38. The number of carbonyl (C=O) groups excluding carboxylic acids is 3. The number of rotatable bonds is 7. The standard InChI is InChI=1S/C27H39N3O3/c1-2-3-7-20-10-12-24(13-11-20)30-19-22(18-25(30)31)27(33)29-16-14-23(15-17-29)28-26(32)21-8-5-4-6-9-21/h10-13,21-23H,2-9,14-19H2,1H3,(H,28,32). The maximum absolute atomic E-state index is 13.1. The molecule has 0 radical (unpaired) electrons. The molecule has 4 rings (SSSR count).